The summed E-state index contributed by atoms with van der Waals surface area (Å²) in [5.41, 5.74) is 1.59. The van der Waals surface area contributed by atoms with Gasteiger partial charge in [0, 0.05) is 12.0 Å². The Balaban J connectivity index is 1.84. The topological polar surface area (TPSA) is 3.24 Å². The Morgan fingerprint density at radius 3 is 2.50 bits per heavy atom. The number of nitrogens with zero attached hydrogens (tertiary/aromatic N) is 1. The summed E-state index contributed by atoms with van der Waals surface area (Å²) in [6, 6.07) is 12.1. The van der Waals surface area contributed by atoms with Gasteiger partial charge in [-0.25, -0.2) is 0 Å². The first-order chi connectivity index (χ1) is 8.90. The minimum Gasteiger partial charge on any atom is -0.300 e. The normalized spacial score (nSPS) is 34.7. The maximum Gasteiger partial charge on any atom is 0.0167 e. The van der Waals surface area contributed by atoms with Crippen molar-refractivity contribution in [3.63, 3.8) is 0 Å². The molecule has 1 aromatic rings. The second-order valence-electron chi connectivity index (χ2n) is 6.02. The second-order valence-corrected chi connectivity index (χ2v) is 6.02. The maximum atomic E-state index is 2.77. The molecule has 0 unspecified atom stereocenters. The summed E-state index contributed by atoms with van der Waals surface area (Å²) >= 11 is 0. The molecule has 2 bridgehead atoms. The van der Waals surface area contributed by atoms with E-state index in [1.807, 2.05) is 0 Å². The molecular weight excluding hydrogens is 218 g/mol. The molecule has 1 aromatic carbocycles. The van der Waals surface area contributed by atoms with E-state index in [2.05, 4.69) is 42.2 Å². The van der Waals surface area contributed by atoms with Crippen molar-refractivity contribution >= 4 is 0 Å². The summed E-state index contributed by atoms with van der Waals surface area (Å²) in [7, 11) is 0. The first-order valence-electron chi connectivity index (χ1n) is 7.69. The Morgan fingerprint density at radius 2 is 1.83 bits per heavy atom. The van der Waals surface area contributed by atoms with Crippen LogP contribution in [0.5, 0.6) is 0 Å². The van der Waals surface area contributed by atoms with Crippen LogP contribution in [0.3, 0.4) is 0 Å². The molecule has 3 heterocycles. The highest BCUT2D eigenvalue weighted by molar-refractivity contribution is 5.24. The lowest BCUT2D eigenvalue weighted by molar-refractivity contribution is 0.0202. The Labute approximate surface area is 111 Å². The Bertz CT molecular complexity index is 364. The van der Waals surface area contributed by atoms with Crippen LogP contribution in [-0.2, 0) is 0 Å². The molecule has 0 amide bonds. The fraction of sp³-hybridized carbons (Fsp3) is 0.647. The van der Waals surface area contributed by atoms with Gasteiger partial charge in [-0.05, 0) is 43.8 Å². The number of hydrogen-bond acceptors (Lipinski definition) is 1. The van der Waals surface area contributed by atoms with E-state index in [-0.39, 0.29) is 0 Å². The zero-order chi connectivity index (χ0) is 12.4. The molecule has 3 aliphatic heterocycles. The molecule has 2 atom stereocenters. The lowest BCUT2D eigenvalue weighted by Crippen LogP contribution is -2.53. The summed E-state index contributed by atoms with van der Waals surface area (Å²) in [4.78, 5) is 2.77. The van der Waals surface area contributed by atoms with Gasteiger partial charge in [0.25, 0.3) is 0 Å². The van der Waals surface area contributed by atoms with Crippen molar-refractivity contribution in [2.45, 2.75) is 51.0 Å². The average molecular weight is 243 g/mol. The molecule has 0 aliphatic carbocycles. The standard InChI is InChI=1S/C17H25N/c1-2-3-9-16-17(14-7-5-4-6-8-14)15-10-12-18(16)13-11-15/h4-8,15-17H,2-3,9-13H2,1H3/t16-,17-/m1/s1. The number of fused-ring (bicyclic) bond motifs is 3. The van der Waals surface area contributed by atoms with Gasteiger partial charge in [-0.15, -0.1) is 0 Å². The fourth-order valence-electron chi connectivity index (χ4n) is 4.10. The largest absolute Gasteiger partial charge is 0.300 e. The van der Waals surface area contributed by atoms with Crippen molar-refractivity contribution in [3.8, 4) is 0 Å². The van der Waals surface area contributed by atoms with Gasteiger partial charge in [0.15, 0.2) is 0 Å². The SMILES string of the molecule is CCCC[C@@H]1[C@H](c2ccccc2)C2CCN1CC2. The molecule has 1 nitrogen and oxygen atoms in total. The molecule has 1 heteroatoms. The van der Waals surface area contributed by atoms with Gasteiger partial charge in [0.1, 0.15) is 0 Å². The van der Waals surface area contributed by atoms with E-state index in [0.29, 0.717) is 0 Å². The number of benzene rings is 1. The molecule has 98 valence electrons. The predicted molar refractivity (Wildman–Crippen MR) is 76.8 cm³/mol. The lowest BCUT2D eigenvalue weighted by atomic mass is 9.69. The van der Waals surface area contributed by atoms with Crippen molar-refractivity contribution in [3.05, 3.63) is 35.9 Å². The lowest BCUT2D eigenvalue weighted by Gasteiger charge is -2.51. The van der Waals surface area contributed by atoms with Crippen LogP contribution in [0, 0.1) is 5.92 Å². The van der Waals surface area contributed by atoms with Gasteiger partial charge in [-0.2, -0.15) is 0 Å². The third kappa shape index (κ3) is 2.21. The van der Waals surface area contributed by atoms with Crippen LogP contribution < -0.4 is 0 Å². The molecule has 18 heavy (non-hydrogen) atoms. The van der Waals surface area contributed by atoms with Gasteiger partial charge in [0.2, 0.25) is 0 Å². The third-order valence-corrected chi connectivity index (χ3v) is 5.00. The van der Waals surface area contributed by atoms with E-state index in [1.54, 1.807) is 5.56 Å². The van der Waals surface area contributed by atoms with Crippen LogP contribution in [0.2, 0.25) is 0 Å². The van der Waals surface area contributed by atoms with Crippen LogP contribution in [0.4, 0.5) is 0 Å². The minimum absolute atomic E-state index is 0.806. The van der Waals surface area contributed by atoms with Crippen molar-refractivity contribution in [2.24, 2.45) is 5.92 Å². The molecular formula is C17H25N. The van der Waals surface area contributed by atoms with Crippen molar-refractivity contribution < 1.29 is 0 Å². The summed E-state index contributed by atoms with van der Waals surface area (Å²) in [6.07, 6.45) is 6.95. The number of piperidine rings is 3. The van der Waals surface area contributed by atoms with Crippen molar-refractivity contribution in [2.75, 3.05) is 13.1 Å². The third-order valence-electron chi connectivity index (χ3n) is 5.00. The van der Waals surface area contributed by atoms with Gasteiger partial charge >= 0.3 is 0 Å². The summed E-state index contributed by atoms with van der Waals surface area (Å²) in [6.45, 7) is 5.01. The number of hydrogen-bond donors (Lipinski definition) is 0. The quantitative estimate of drug-likeness (QED) is 0.771. The van der Waals surface area contributed by atoms with Crippen LogP contribution in [-0.4, -0.2) is 24.0 Å². The first-order valence-corrected chi connectivity index (χ1v) is 7.69. The number of rotatable bonds is 4. The van der Waals surface area contributed by atoms with E-state index < -0.39 is 0 Å². The molecule has 3 aliphatic rings. The highest BCUT2D eigenvalue weighted by atomic mass is 15.2. The Kier molecular flexibility index (Phi) is 3.69. The average Bonchev–Trinajstić information content (AvgIpc) is 2.46. The van der Waals surface area contributed by atoms with Crippen LogP contribution in [0.25, 0.3) is 0 Å². The highest BCUT2D eigenvalue weighted by Crippen LogP contribution is 2.44. The summed E-state index contributed by atoms with van der Waals surface area (Å²) in [5, 5.41) is 0. The Hall–Kier alpha value is -0.820. The molecule has 0 aromatic heterocycles. The monoisotopic (exact) mass is 243 g/mol. The molecule has 3 fully saturated rings. The van der Waals surface area contributed by atoms with E-state index in [9.17, 15) is 0 Å². The zero-order valence-corrected chi connectivity index (χ0v) is 11.5. The molecule has 0 N–H and O–H groups in total. The van der Waals surface area contributed by atoms with E-state index in [0.717, 1.165) is 17.9 Å². The zero-order valence-electron chi connectivity index (χ0n) is 11.5. The van der Waals surface area contributed by atoms with E-state index >= 15 is 0 Å². The van der Waals surface area contributed by atoms with Crippen LogP contribution >= 0.6 is 0 Å². The molecule has 0 spiro atoms. The Morgan fingerprint density at radius 1 is 1.11 bits per heavy atom. The van der Waals surface area contributed by atoms with Crippen LogP contribution in [0.15, 0.2) is 30.3 Å². The van der Waals surface area contributed by atoms with Crippen molar-refractivity contribution in [1.29, 1.82) is 0 Å². The first kappa shape index (κ1) is 12.2. The van der Waals surface area contributed by atoms with Gasteiger partial charge in [0.05, 0.1) is 0 Å². The molecule has 4 rings (SSSR count). The fourth-order valence-corrected chi connectivity index (χ4v) is 4.10. The molecule has 3 saturated heterocycles. The minimum atomic E-state index is 0.806. The van der Waals surface area contributed by atoms with Gasteiger partial charge < -0.3 is 0 Å². The van der Waals surface area contributed by atoms with Gasteiger partial charge in [-0.3, -0.25) is 4.90 Å². The smallest absolute Gasteiger partial charge is 0.0167 e. The highest BCUT2D eigenvalue weighted by Gasteiger charge is 2.41. The van der Waals surface area contributed by atoms with E-state index in [1.165, 1.54) is 45.2 Å². The van der Waals surface area contributed by atoms with Crippen molar-refractivity contribution in [1.82, 2.24) is 4.90 Å². The molecule has 0 saturated carbocycles. The maximum absolute atomic E-state index is 2.77. The summed E-state index contributed by atoms with van der Waals surface area (Å²) < 4.78 is 0. The van der Waals surface area contributed by atoms with Gasteiger partial charge in [-0.1, -0.05) is 50.1 Å². The van der Waals surface area contributed by atoms with Crippen LogP contribution in [0.1, 0.15) is 50.5 Å². The predicted octanol–water partition coefficient (Wildman–Crippen LogP) is 4.05. The second kappa shape index (κ2) is 5.44. The number of unbranched alkanes of at least 4 members (excludes halogenated alkanes) is 1. The molecule has 0 radical (unpaired) electrons. The summed E-state index contributed by atoms with van der Waals surface area (Å²) in [5.74, 6) is 1.75. The van der Waals surface area contributed by atoms with E-state index in [4.69, 9.17) is 0 Å².